The molecule has 0 aromatic carbocycles. The molecule has 7 heteroatoms. The van der Waals surface area contributed by atoms with Crippen molar-refractivity contribution in [3.8, 4) is 11.1 Å². The number of nitrogens with one attached hydrogen (secondary N) is 1. The van der Waals surface area contributed by atoms with Crippen LogP contribution in [0.1, 0.15) is 24.8 Å². The number of carbonyl (C=O) groups is 1. The Hall–Kier alpha value is -3.09. The SMILES string of the molecule is Cc1ccncc1-c1cc2cnc(NC(=O)[C@@H]3C[C@H]3F)cc2n(CC2CC2)c1=O. The number of hydrogen-bond donors (Lipinski definition) is 1. The first kappa shape index (κ1) is 18.0. The third kappa shape index (κ3) is 3.41. The summed E-state index contributed by atoms with van der Waals surface area (Å²) >= 11 is 0. The second-order valence-electron chi connectivity index (χ2n) is 8.08. The number of aromatic nitrogens is 3. The molecular weight excluding hydrogens is 371 g/mol. The number of carbonyl (C=O) groups excluding carboxylic acids is 1. The van der Waals surface area contributed by atoms with Crippen LogP contribution in [-0.4, -0.2) is 26.6 Å². The van der Waals surface area contributed by atoms with Crippen molar-refractivity contribution >= 4 is 22.6 Å². The van der Waals surface area contributed by atoms with Crippen LogP contribution in [0.3, 0.4) is 0 Å². The van der Waals surface area contributed by atoms with Gasteiger partial charge in [0.25, 0.3) is 5.56 Å². The molecule has 2 aliphatic carbocycles. The summed E-state index contributed by atoms with van der Waals surface area (Å²) in [6.07, 6.45) is 6.50. The minimum absolute atomic E-state index is 0.0741. The zero-order valence-electron chi connectivity index (χ0n) is 16.1. The van der Waals surface area contributed by atoms with Gasteiger partial charge in [-0.2, -0.15) is 0 Å². The minimum Gasteiger partial charge on any atom is -0.310 e. The van der Waals surface area contributed by atoms with E-state index in [9.17, 15) is 14.0 Å². The summed E-state index contributed by atoms with van der Waals surface area (Å²) in [5.41, 5.74) is 3.04. The number of halogens is 1. The van der Waals surface area contributed by atoms with Crippen LogP contribution in [0, 0.1) is 18.8 Å². The third-order valence-electron chi connectivity index (χ3n) is 5.75. The monoisotopic (exact) mass is 392 g/mol. The van der Waals surface area contributed by atoms with Crippen LogP contribution in [0.15, 0.2) is 41.6 Å². The van der Waals surface area contributed by atoms with E-state index in [1.54, 1.807) is 29.2 Å². The van der Waals surface area contributed by atoms with Crippen molar-refractivity contribution in [1.29, 1.82) is 0 Å². The minimum atomic E-state index is -1.06. The van der Waals surface area contributed by atoms with Gasteiger partial charge in [0.05, 0.1) is 11.4 Å². The van der Waals surface area contributed by atoms with Gasteiger partial charge in [0, 0.05) is 47.7 Å². The van der Waals surface area contributed by atoms with Crippen molar-refractivity contribution in [3.05, 3.63) is 52.7 Å². The second kappa shape index (κ2) is 6.76. The number of aryl methyl sites for hydroxylation is 1. The fourth-order valence-corrected chi connectivity index (χ4v) is 3.67. The van der Waals surface area contributed by atoms with E-state index >= 15 is 0 Å². The highest BCUT2D eigenvalue weighted by Gasteiger charge is 2.43. The topological polar surface area (TPSA) is 76.9 Å². The van der Waals surface area contributed by atoms with Gasteiger partial charge in [0.2, 0.25) is 5.91 Å². The Balaban J connectivity index is 1.61. The van der Waals surface area contributed by atoms with E-state index in [0.717, 1.165) is 34.9 Å². The number of fused-ring (bicyclic) bond motifs is 1. The summed E-state index contributed by atoms with van der Waals surface area (Å²) in [6, 6.07) is 5.44. The van der Waals surface area contributed by atoms with Crippen LogP contribution in [0.25, 0.3) is 22.0 Å². The van der Waals surface area contributed by atoms with Crippen molar-refractivity contribution < 1.29 is 9.18 Å². The van der Waals surface area contributed by atoms with Crippen molar-refractivity contribution in [3.63, 3.8) is 0 Å². The molecule has 2 fully saturated rings. The van der Waals surface area contributed by atoms with Crippen molar-refractivity contribution in [2.75, 3.05) is 5.32 Å². The van der Waals surface area contributed by atoms with Crippen LogP contribution in [0.2, 0.25) is 0 Å². The number of amides is 1. The Labute approximate surface area is 166 Å². The molecule has 29 heavy (non-hydrogen) atoms. The van der Waals surface area contributed by atoms with E-state index in [0.29, 0.717) is 23.8 Å². The molecule has 2 atom stereocenters. The van der Waals surface area contributed by atoms with Gasteiger partial charge in [-0.3, -0.25) is 14.6 Å². The number of hydrogen-bond acceptors (Lipinski definition) is 4. The smallest absolute Gasteiger partial charge is 0.258 e. The maximum absolute atomic E-state index is 13.4. The molecule has 3 aromatic rings. The fraction of sp³-hybridized carbons (Fsp3) is 0.364. The van der Waals surface area contributed by atoms with Gasteiger partial charge >= 0.3 is 0 Å². The summed E-state index contributed by atoms with van der Waals surface area (Å²) in [4.78, 5) is 33.9. The molecule has 5 rings (SSSR count). The summed E-state index contributed by atoms with van der Waals surface area (Å²) in [5.74, 6) is -0.109. The van der Waals surface area contributed by atoms with E-state index in [1.165, 1.54) is 0 Å². The van der Waals surface area contributed by atoms with Gasteiger partial charge in [-0.15, -0.1) is 0 Å². The van der Waals surface area contributed by atoms with Crippen LogP contribution >= 0.6 is 0 Å². The largest absolute Gasteiger partial charge is 0.310 e. The van der Waals surface area contributed by atoms with Crippen LogP contribution < -0.4 is 10.9 Å². The first-order valence-electron chi connectivity index (χ1n) is 9.91. The normalized spacial score (nSPS) is 20.6. The van der Waals surface area contributed by atoms with Gasteiger partial charge in [0.15, 0.2) is 0 Å². The van der Waals surface area contributed by atoms with Crippen molar-refractivity contribution in [2.45, 2.75) is 38.9 Å². The molecule has 3 aromatic heterocycles. The quantitative estimate of drug-likeness (QED) is 0.721. The third-order valence-corrected chi connectivity index (χ3v) is 5.75. The molecule has 6 nitrogen and oxygen atoms in total. The predicted molar refractivity (Wildman–Crippen MR) is 108 cm³/mol. The molecule has 3 heterocycles. The zero-order chi connectivity index (χ0) is 20.1. The molecule has 148 valence electrons. The second-order valence-corrected chi connectivity index (χ2v) is 8.08. The fourth-order valence-electron chi connectivity index (χ4n) is 3.67. The van der Waals surface area contributed by atoms with Gasteiger partial charge in [0.1, 0.15) is 12.0 Å². The molecule has 2 saturated carbocycles. The van der Waals surface area contributed by atoms with Crippen molar-refractivity contribution in [2.24, 2.45) is 11.8 Å². The Kier molecular flexibility index (Phi) is 4.19. The maximum Gasteiger partial charge on any atom is 0.258 e. The highest BCUT2D eigenvalue weighted by molar-refractivity contribution is 5.95. The molecule has 0 spiro atoms. The lowest BCUT2D eigenvalue weighted by Gasteiger charge is -2.15. The summed E-state index contributed by atoms with van der Waals surface area (Å²) in [5, 5.41) is 3.50. The molecule has 0 bridgehead atoms. The van der Waals surface area contributed by atoms with Gasteiger partial charge in [-0.25, -0.2) is 9.37 Å². The summed E-state index contributed by atoms with van der Waals surface area (Å²) < 4.78 is 14.9. The van der Waals surface area contributed by atoms with E-state index in [-0.39, 0.29) is 17.9 Å². The zero-order valence-corrected chi connectivity index (χ0v) is 16.1. The highest BCUT2D eigenvalue weighted by Crippen LogP contribution is 2.35. The molecule has 2 aliphatic rings. The van der Waals surface area contributed by atoms with Crippen LogP contribution in [-0.2, 0) is 11.3 Å². The summed E-state index contributed by atoms with van der Waals surface area (Å²) in [6.45, 7) is 2.59. The van der Waals surface area contributed by atoms with Crippen LogP contribution in [0.4, 0.5) is 10.2 Å². The Bertz CT molecular complexity index is 1190. The summed E-state index contributed by atoms with van der Waals surface area (Å²) in [7, 11) is 0. The average Bonchev–Trinajstić information content (AvgIpc) is 3.62. The lowest BCUT2D eigenvalue weighted by Crippen LogP contribution is -2.24. The molecule has 1 N–H and O–H groups in total. The number of pyridine rings is 3. The Morgan fingerprint density at radius 1 is 1.28 bits per heavy atom. The maximum atomic E-state index is 13.4. The number of anilines is 1. The molecule has 0 saturated heterocycles. The lowest BCUT2D eigenvalue weighted by molar-refractivity contribution is -0.117. The predicted octanol–water partition coefficient (Wildman–Crippen LogP) is 3.47. The van der Waals surface area contributed by atoms with Crippen LogP contribution in [0.5, 0.6) is 0 Å². The van der Waals surface area contributed by atoms with Crippen molar-refractivity contribution in [1.82, 2.24) is 14.5 Å². The standard InChI is InChI=1S/C22H21FN4O2/c1-12-4-5-24-10-17(12)15-6-14-9-25-20(26-21(28)16-7-18(16)23)8-19(14)27(22(15)29)11-13-2-3-13/h4-6,8-10,13,16,18H,2-3,7,11H2,1H3,(H,25,26,28)/t16-,18-/m1/s1. The first-order valence-corrected chi connectivity index (χ1v) is 9.91. The van der Waals surface area contributed by atoms with E-state index in [4.69, 9.17) is 0 Å². The van der Waals surface area contributed by atoms with E-state index < -0.39 is 12.1 Å². The van der Waals surface area contributed by atoms with Gasteiger partial charge < -0.3 is 9.88 Å². The number of alkyl halides is 1. The molecule has 0 unspecified atom stereocenters. The molecule has 1 amide bonds. The van der Waals surface area contributed by atoms with E-state index in [2.05, 4.69) is 15.3 Å². The average molecular weight is 392 g/mol. The first-order chi connectivity index (χ1) is 14.0. The van der Waals surface area contributed by atoms with Gasteiger partial charge in [-0.1, -0.05) is 0 Å². The molecule has 0 aliphatic heterocycles. The molecule has 0 radical (unpaired) electrons. The molecular formula is C22H21FN4O2. The van der Waals surface area contributed by atoms with Gasteiger partial charge in [-0.05, 0) is 49.8 Å². The number of nitrogens with zero attached hydrogens (tertiary/aromatic N) is 3. The van der Waals surface area contributed by atoms with E-state index in [1.807, 2.05) is 19.1 Å². The Morgan fingerprint density at radius 2 is 2.07 bits per heavy atom. The lowest BCUT2D eigenvalue weighted by atomic mass is 10.0. The highest BCUT2D eigenvalue weighted by atomic mass is 19.1. The number of rotatable bonds is 5. The Morgan fingerprint density at radius 3 is 2.76 bits per heavy atom.